The second kappa shape index (κ2) is 19.1. The van der Waals surface area contributed by atoms with Crippen molar-refractivity contribution < 1.29 is 48.9 Å². The summed E-state index contributed by atoms with van der Waals surface area (Å²) in [6, 6.07) is 1.78. The van der Waals surface area contributed by atoms with Crippen LogP contribution in [0, 0.1) is 11.8 Å². The summed E-state index contributed by atoms with van der Waals surface area (Å²) in [5, 5.41) is 40.3. The number of benzene rings is 1. The van der Waals surface area contributed by atoms with E-state index in [4.69, 9.17) is 5.73 Å². The number of carboxylic acid groups (broad SMARTS) is 2. The van der Waals surface area contributed by atoms with Crippen LogP contribution in [0.4, 0.5) is 0 Å². The lowest BCUT2D eigenvalue weighted by atomic mass is 9.98. The molecule has 0 saturated heterocycles. The first-order chi connectivity index (χ1) is 21.5. The summed E-state index contributed by atoms with van der Waals surface area (Å²) in [5.41, 5.74) is 6.16. The molecule has 1 aromatic carbocycles. The Morgan fingerprint density at radius 1 is 0.696 bits per heavy atom. The van der Waals surface area contributed by atoms with Crippen molar-refractivity contribution in [1.82, 2.24) is 26.6 Å². The summed E-state index contributed by atoms with van der Waals surface area (Å²) >= 11 is 0. The minimum Gasteiger partial charge on any atom is -0.481 e. The van der Waals surface area contributed by atoms with Crippen LogP contribution >= 0.6 is 0 Å². The van der Waals surface area contributed by atoms with Gasteiger partial charge in [-0.15, -0.1) is 0 Å². The van der Waals surface area contributed by atoms with Crippen LogP contribution in [0.1, 0.15) is 53.0 Å². The topological polar surface area (TPSA) is 266 Å². The number of rotatable bonds is 19. The smallest absolute Gasteiger partial charge is 0.328 e. The number of aliphatic hydroxyl groups is 1. The molecule has 0 fully saturated rings. The van der Waals surface area contributed by atoms with Crippen molar-refractivity contribution in [2.45, 2.75) is 90.2 Å². The fourth-order valence-electron chi connectivity index (χ4n) is 4.36. The molecule has 0 spiro atoms. The number of nitrogens with one attached hydrogen (secondary N) is 5. The number of carboxylic acids is 2. The van der Waals surface area contributed by atoms with E-state index in [2.05, 4.69) is 21.3 Å². The number of amides is 5. The Balaban J connectivity index is 3.20. The van der Waals surface area contributed by atoms with Gasteiger partial charge < -0.3 is 47.6 Å². The van der Waals surface area contributed by atoms with E-state index in [0.29, 0.717) is 0 Å². The molecule has 46 heavy (non-hydrogen) atoms. The highest BCUT2D eigenvalue weighted by molar-refractivity contribution is 5.97. The molecule has 6 atom stereocenters. The molecule has 0 aromatic heterocycles. The fraction of sp³-hybridized carbons (Fsp3) is 0.567. The standard InChI is InChI=1S/C30H46N6O10/c1-15(2)11-19(26(41)33-21(13-23(39)40)28(43)36-25(17(5)37)30(45)46)34-29(44)24(16(3)4)35-27(42)20(32-22(38)14-31)12-18-9-7-6-8-10-18/h6-10,15-17,19-21,24-25,37H,11-14,31H2,1-5H3,(H,32,38)(H,33,41)(H,34,44)(H,35,42)(H,36,43)(H,39,40)(H,45,46). The van der Waals surface area contributed by atoms with Gasteiger partial charge in [0.2, 0.25) is 29.5 Å². The zero-order valence-corrected chi connectivity index (χ0v) is 26.6. The predicted octanol–water partition coefficient (Wildman–Crippen LogP) is -1.75. The van der Waals surface area contributed by atoms with Crippen LogP contribution in [0.15, 0.2) is 30.3 Å². The zero-order valence-electron chi connectivity index (χ0n) is 26.6. The van der Waals surface area contributed by atoms with Gasteiger partial charge >= 0.3 is 11.9 Å². The summed E-state index contributed by atoms with van der Waals surface area (Å²) in [7, 11) is 0. The Morgan fingerprint density at radius 3 is 1.70 bits per heavy atom. The van der Waals surface area contributed by atoms with Crippen molar-refractivity contribution >= 4 is 41.5 Å². The van der Waals surface area contributed by atoms with Crippen molar-refractivity contribution in [1.29, 1.82) is 0 Å². The van der Waals surface area contributed by atoms with Gasteiger partial charge in [-0.2, -0.15) is 0 Å². The maximum absolute atomic E-state index is 13.5. The average molecular weight is 651 g/mol. The molecule has 0 saturated carbocycles. The first-order valence-electron chi connectivity index (χ1n) is 14.8. The largest absolute Gasteiger partial charge is 0.481 e. The van der Waals surface area contributed by atoms with Crippen molar-refractivity contribution in [2.24, 2.45) is 17.6 Å². The van der Waals surface area contributed by atoms with Crippen molar-refractivity contribution in [2.75, 3.05) is 6.54 Å². The number of carbonyl (C=O) groups excluding carboxylic acids is 5. The van der Waals surface area contributed by atoms with Crippen LogP contribution in [-0.4, -0.2) is 99.7 Å². The van der Waals surface area contributed by atoms with E-state index >= 15 is 0 Å². The number of nitrogens with two attached hydrogens (primary N) is 1. The molecule has 0 aliphatic rings. The van der Waals surface area contributed by atoms with Gasteiger partial charge in [0.15, 0.2) is 6.04 Å². The van der Waals surface area contributed by atoms with Crippen LogP contribution < -0.4 is 32.3 Å². The summed E-state index contributed by atoms with van der Waals surface area (Å²) in [6.45, 7) is 7.56. The lowest BCUT2D eigenvalue weighted by Gasteiger charge is -2.29. The van der Waals surface area contributed by atoms with E-state index in [1.165, 1.54) is 0 Å². The summed E-state index contributed by atoms with van der Waals surface area (Å²) in [4.78, 5) is 87.9. The molecule has 0 aliphatic heterocycles. The maximum atomic E-state index is 13.5. The second-order valence-electron chi connectivity index (χ2n) is 11.7. The van der Waals surface area contributed by atoms with Crippen molar-refractivity contribution in [3.05, 3.63) is 35.9 Å². The molecule has 1 rings (SSSR count). The van der Waals surface area contributed by atoms with Gasteiger partial charge in [0, 0.05) is 6.42 Å². The van der Waals surface area contributed by atoms with Crippen LogP contribution in [0.25, 0.3) is 0 Å². The Labute approximate surface area is 267 Å². The first-order valence-corrected chi connectivity index (χ1v) is 14.8. The highest BCUT2D eigenvalue weighted by atomic mass is 16.4. The number of aliphatic hydroxyl groups excluding tert-OH is 1. The third-order valence-corrected chi connectivity index (χ3v) is 6.76. The van der Waals surface area contributed by atoms with Crippen LogP contribution in [-0.2, 0) is 40.0 Å². The number of carbonyl (C=O) groups is 7. The Morgan fingerprint density at radius 2 is 1.22 bits per heavy atom. The molecule has 0 bridgehead atoms. The van der Waals surface area contributed by atoms with Crippen molar-refractivity contribution in [3.63, 3.8) is 0 Å². The van der Waals surface area contributed by atoms with Gasteiger partial charge in [-0.1, -0.05) is 58.0 Å². The molecular formula is C30H46N6O10. The Hall–Kier alpha value is -4.57. The van der Waals surface area contributed by atoms with E-state index in [-0.39, 0.29) is 25.3 Å². The normalized spacial score (nSPS) is 15.0. The molecule has 6 unspecified atom stereocenters. The SMILES string of the molecule is CC(C)CC(NC(=O)C(NC(=O)C(Cc1ccccc1)NC(=O)CN)C(C)C)C(=O)NC(CC(=O)O)C(=O)NC(C(=O)O)C(C)O. The van der Waals surface area contributed by atoms with E-state index < -0.39 is 90.1 Å². The van der Waals surface area contributed by atoms with Gasteiger partial charge in [-0.25, -0.2) is 4.79 Å². The van der Waals surface area contributed by atoms with Crippen LogP contribution in [0.3, 0.4) is 0 Å². The average Bonchev–Trinajstić information content (AvgIpc) is 2.96. The van der Waals surface area contributed by atoms with Crippen LogP contribution in [0.5, 0.6) is 0 Å². The van der Waals surface area contributed by atoms with Gasteiger partial charge in [0.05, 0.1) is 19.1 Å². The molecule has 16 nitrogen and oxygen atoms in total. The lowest BCUT2D eigenvalue weighted by Crippen LogP contribution is -2.60. The second-order valence-corrected chi connectivity index (χ2v) is 11.7. The van der Waals surface area contributed by atoms with E-state index in [9.17, 15) is 48.9 Å². The molecule has 5 amide bonds. The Bertz CT molecular complexity index is 1220. The minimum atomic E-state index is -1.78. The van der Waals surface area contributed by atoms with Crippen LogP contribution in [0.2, 0.25) is 0 Å². The molecule has 0 radical (unpaired) electrons. The quantitative estimate of drug-likeness (QED) is 0.0811. The zero-order chi connectivity index (χ0) is 35.1. The lowest BCUT2D eigenvalue weighted by molar-refractivity contribution is -0.146. The maximum Gasteiger partial charge on any atom is 0.328 e. The van der Waals surface area contributed by atoms with Gasteiger partial charge in [0.25, 0.3) is 0 Å². The fourth-order valence-corrected chi connectivity index (χ4v) is 4.36. The molecule has 0 aliphatic carbocycles. The first kappa shape index (κ1) is 39.5. The minimum absolute atomic E-state index is 0.0480. The van der Waals surface area contributed by atoms with Gasteiger partial charge in [-0.3, -0.25) is 28.8 Å². The summed E-state index contributed by atoms with van der Waals surface area (Å²) < 4.78 is 0. The number of hydrogen-bond donors (Lipinski definition) is 9. The monoisotopic (exact) mass is 650 g/mol. The highest BCUT2D eigenvalue weighted by Crippen LogP contribution is 2.11. The number of aliphatic carboxylic acids is 2. The summed E-state index contributed by atoms with van der Waals surface area (Å²) in [5.74, 6) is -7.85. The van der Waals surface area contributed by atoms with E-state index in [1.807, 2.05) is 5.32 Å². The molecule has 256 valence electrons. The Kier molecular flexibility index (Phi) is 16.3. The third kappa shape index (κ3) is 13.6. The molecule has 16 heteroatoms. The molecule has 0 heterocycles. The van der Waals surface area contributed by atoms with E-state index in [0.717, 1.165) is 12.5 Å². The highest BCUT2D eigenvalue weighted by Gasteiger charge is 2.35. The molecule has 1 aromatic rings. The van der Waals surface area contributed by atoms with Crippen molar-refractivity contribution in [3.8, 4) is 0 Å². The summed E-state index contributed by atoms with van der Waals surface area (Å²) in [6.07, 6.45) is -2.30. The predicted molar refractivity (Wildman–Crippen MR) is 165 cm³/mol. The van der Waals surface area contributed by atoms with E-state index in [1.54, 1.807) is 58.0 Å². The third-order valence-electron chi connectivity index (χ3n) is 6.76. The molecule has 10 N–H and O–H groups in total. The molecular weight excluding hydrogens is 604 g/mol. The van der Waals surface area contributed by atoms with Gasteiger partial charge in [0.1, 0.15) is 24.2 Å². The number of hydrogen-bond acceptors (Lipinski definition) is 9. The van der Waals surface area contributed by atoms with Gasteiger partial charge in [-0.05, 0) is 30.7 Å².